The van der Waals surface area contributed by atoms with Gasteiger partial charge in [0.2, 0.25) is 0 Å². The molecule has 164 valence electrons. The monoisotopic (exact) mass is 403 g/mol. The lowest BCUT2D eigenvalue weighted by Crippen LogP contribution is -2.43. The summed E-state index contributed by atoms with van der Waals surface area (Å²) < 4.78 is 5.71. The van der Waals surface area contributed by atoms with Gasteiger partial charge >= 0.3 is 0 Å². The van der Waals surface area contributed by atoms with Gasteiger partial charge in [0.15, 0.2) is 5.96 Å². The topological polar surface area (TPSA) is 56.0 Å². The Labute approximate surface area is 177 Å². The minimum absolute atomic E-state index is 0.272. The fourth-order valence-electron chi connectivity index (χ4n) is 5.00. The molecule has 1 aromatic heterocycles. The summed E-state index contributed by atoms with van der Waals surface area (Å²) in [5, 5.41) is 7.00. The molecule has 3 atom stereocenters. The number of hydrogen-bond acceptors (Lipinski definition) is 4. The third kappa shape index (κ3) is 7.03. The van der Waals surface area contributed by atoms with Crippen LogP contribution in [0.2, 0.25) is 0 Å². The Kier molecular flexibility index (Phi) is 8.87. The normalized spacial score (nSPS) is 25.3. The van der Waals surface area contributed by atoms with Crippen LogP contribution in [0.4, 0.5) is 0 Å². The number of likely N-dealkylation sites (tertiary alicyclic amines) is 2. The zero-order valence-electron chi connectivity index (χ0n) is 18.7. The molecule has 29 heavy (non-hydrogen) atoms. The Bertz CT molecular complexity index is 586. The van der Waals surface area contributed by atoms with Gasteiger partial charge in [-0.3, -0.25) is 9.89 Å². The van der Waals surface area contributed by atoms with Crippen LogP contribution in [0.25, 0.3) is 0 Å². The molecule has 0 spiro atoms. The first-order chi connectivity index (χ1) is 14.2. The lowest BCUT2D eigenvalue weighted by atomic mass is 9.92. The van der Waals surface area contributed by atoms with Crippen molar-refractivity contribution in [1.82, 2.24) is 20.4 Å². The van der Waals surface area contributed by atoms with E-state index in [-0.39, 0.29) is 6.04 Å². The van der Waals surface area contributed by atoms with Crippen molar-refractivity contribution in [3.05, 3.63) is 24.2 Å². The Morgan fingerprint density at radius 2 is 1.93 bits per heavy atom. The number of aliphatic imine (C=N–C) groups is 1. The van der Waals surface area contributed by atoms with Crippen LogP contribution in [0, 0.1) is 11.8 Å². The molecule has 0 radical (unpaired) electrons. The highest BCUT2D eigenvalue weighted by Gasteiger charge is 2.25. The van der Waals surface area contributed by atoms with E-state index in [1.807, 2.05) is 13.1 Å². The van der Waals surface area contributed by atoms with Crippen molar-refractivity contribution in [2.45, 2.75) is 52.0 Å². The number of unbranched alkanes of at least 4 members (excludes halogenated alkanes) is 1. The van der Waals surface area contributed by atoms with Crippen LogP contribution < -0.4 is 10.6 Å². The maximum absolute atomic E-state index is 5.71. The molecule has 3 rings (SSSR count). The Balaban J connectivity index is 1.35. The second-order valence-corrected chi connectivity index (χ2v) is 9.07. The molecule has 2 saturated heterocycles. The van der Waals surface area contributed by atoms with Crippen LogP contribution >= 0.6 is 0 Å². The molecule has 0 amide bonds. The van der Waals surface area contributed by atoms with Gasteiger partial charge in [0.1, 0.15) is 5.76 Å². The lowest BCUT2D eigenvalue weighted by Gasteiger charge is -2.35. The van der Waals surface area contributed by atoms with Gasteiger partial charge in [0, 0.05) is 33.2 Å². The molecule has 2 aliphatic rings. The van der Waals surface area contributed by atoms with Crippen LogP contribution in [0.3, 0.4) is 0 Å². The zero-order chi connectivity index (χ0) is 20.5. The van der Waals surface area contributed by atoms with Gasteiger partial charge in [-0.15, -0.1) is 0 Å². The highest BCUT2D eigenvalue weighted by molar-refractivity contribution is 5.79. The van der Waals surface area contributed by atoms with Crippen molar-refractivity contribution in [3.63, 3.8) is 0 Å². The van der Waals surface area contributed by atoms with E-state index in [0.717, 1.165) is 49.7 Å². The quantitative estimate of drug-likeness (QED) is 0.376. The lowest BCUT2D eigenvalue weighted by molar-refractivity contribution is 0.139. The zero-order valence-corrected chi connectivity index (χ0v) is 18.7. The molecule has 0 aromatic carbocycles. The summed E-state index contributed by atoms with van der Waals surface area (Å²) in [5.74, 6) is 3.62. The van der Waals surface area contributed by atoms with Crippen molar-refractivity contribution in [3.8, 4) is 0 Å². The number of nitrogens with one attached hydrogen (secondary N) is 2. The van der Waals surface area contributed by atoms with E-state index in [1.54, 1.807) is 6.26 Å². The van der Waals surface area contributed by atoms with Crippen molar-refractivity contribution < 1.29 is 4.42 Å². The number of hydrogen-bond donors (Lipinski definition) is 2. The second-order valence-electron chi connectivity index (χ2n) is 9.07. The Hall–Kier alpha value is -1.53. The van der Waals surface area contributed by atoms with Crippen LogP contribution in [0.15, 0.2) is 27.8 Å². The third-order valence-electron chi connectivity index (χ3n) is 6.28. The maximum Gasteiger partial charge on any atom is 0.191 e. The number of guanidine groups is 1. The summed E-state index contributed by atoms with van der Waals surface area (Å²) in [6.07, 6.45) is 8.13. The van der Waals surface area contributed by atoms with Gasteiger partial charge in [0.05, 0.1) is 12.3 Å². The molecule has 3 heterocycles. The van der Waals surface area contributed by atoms with Crippen molar-refractivity contribution in [1.29, 1.82) is 0 Å². The highest BCUT2D eigenvalue weighted by Crippen LogP contribution is 2.25. The summed E-state index contributed by atoms with van der Waals surface area (Å²) in [5.41, 5.74) is 0. The second kappa shape index (κ2) is 11.6. The molecule has 0 aliphatic carbocycles. The minimum atomic E-state index is 0.272. The maximum atomic E-state index is 5.71. The molecule has 2 fully saturated rings. The van der Waals surface area contributed by atoms with Crippen molar-refractivity contribution in [2.75, 3.05) is 52.9 Å². The summed E-state index contributed by atoms with van der Waals surface area (Å²) in [6, 6.07) is 4.34. The van der Waals surface area contributed by atoms with Crippen molar-refractivity contribution in [2.24, 2.45) is 16.8 Å². The predicted molar refractivity (Wildman–Crippen MR) is 120 cm³/mol. The van der Waals surface area contributed by atoms with E-state index in [2.05, 4.69) is 45.3 Å². The fraction of sp³-hybridized carbons (Fsp3) is 0.783. The largest absolute Gasteiger partial charge is 0.468 e. The number of nitrogens with zero attached hydrogens (tertiary/aromatic N) is 3. The molecular formula is C23H41N5O. The highest BCUT2D eigenvalue weighted by atomic mass is 16.3. The van der Waals surface area contributed by atoms with Gasteiger partial charge in [-0.2, -0.15) is 0 Å². The van der Waals surface area contributed by atoms with Gasteiger partial charge in [0.25, 0.3) is 0 Å². The third-order valence-corrected chi connectivity index (χ3v) is 6.28. The molecular weight excluding hydrogens is 362 g/mol. The summed E-state index contributed by atoms with van der Waals surface area (Å²) in [6.45, 7) is 12.6. The van der Waals surface area contributed by atoms with Gasteiger partial charge < -0.3 is 20.0 Å². The smallest absolute Gasteiger partial charge is 0.191 e. The van der Waals surface area contributed by atoms with E-state index < -0.39 is 0 Å². The van der Waals surface area contributed by atoms with E-state index >= 15 is 0 Å². The number of rotatable bonds is 9. The average Bonchev–Trinajstić information content (AvgIpc) is 3.40. The number of furan rings is 1. The molecule has 6 heteroatoms. The molecule has 2 aliphatic heterocycles. The predicted octanol–water partition coefficient (Wildman–Crippen LogP) is 3.34. The number of piperidine rings is 1. The summed E-state index contributed by atoms with van der Waals surface area (Å²) >= 11 is 0. The minimum Gasteiger partial charge on any atom is -0.468 e. The van der Waals surface area contributed by atoms with E-state index in [4.69, 9.17) is 4.42 Å². The van der Waals surface area contributed by atoms with Crippen LogP contribution in [-0.4, -0.2) is 68.6 Å². The average molecular weight is 404 g/mol. The fourth-order valence-corrected chi connectivity index (χ4v) is 5.00. The van der Waals surface area contributed by atoms with Crippen LogP contribution in [0.5, 0.6) is 0 Å². The van der Waals surface area contributed by atoms with Crippen LogP contribution in [0.1, 0.15) is 57.8 Å². The van der Waals surface area contributed by atoms with Crippen LogP contribution in [-0.2, 0) is 0 Å². The molecule has 0 bridgehead atoms. The molecule has 2 N–H and O–H groups in total. The van der Waals surface area contributed by atoms with E-state index in [0.29, 0.717) is 0 Å². The molecule has 6 nitrogen and oxygen atoms in total. The van der Waals surface area contributed by atoms with Crippen molar-refractivity contribution >= 4 is 5.96 Å². The van der Waals surface area contributed by atoms with Gasteiger partial charge in [-0.05, 0) is 75.7 Å². The molecule has 0 saturated carbocycles. The first kappa shape index (κ1) is 22.2. The first-order valence-electron chi connectivity index (χ1n) is 11.6. The summed E-state index contributed by atoms with van der Waals surface area (Å²) in [4.78, 5) is 9.57. The van der Waals surface area contributed by atoms with Gasteiger partial charge in [-0.25, -0.2) is 0 Å². The van der Waals surface area contributed by atoms with Gasteiger partial charge in [-0.1, -0.05) is 13.8 Å². The summed E-state index contributed by atoms with van der Waals surface area (Å²) in [7, 11) is 1.85. The molecule has 3 unspecified atom stereocenters. The Morgan fingerprint density at radius 1 is 1.17 bits per heavy atom. The first-order valence-corrected chi connectivity index (χ1v) is 11.6. The van der Waals surface area contributed by atoms with E-state index in [1.165, 1.54) is 51.7 Å². The molecule has 1 aromatic rings. The Morgan fingerprint density at radius 3 is 2.59 bits per heavy atom. The SMILES string of the molecule is CN=C(NCCCCN1CC(C)CC(C)C1)NCC(c1ccco1)N1CCCC1. The van der Waals surface area contributed by atoms with E-state index in [9.17, 15) is 0 Å². The standard InChI is InChI=1S/C23H41N5O/c1-19-15-20(2)18-27(17-19)11-5-4-10-25-23(24-3)26-16-21(22-9-8-14-29-22)28-12-6-7-13-28/h8-9,14,19-21H,4-7,10-13,15-18H2,1-3H3,(H2,24,25,26).